The molecule has 16 heavy (non-hydrogen) atoms. The lowest BCUT2D eigenvalue weighted by Gasteiger charge is -2.42. The summed E-state index contributed by atoms with van der Waals surface area (Å²) in [5.74, 6) is 1.41. The van der Waals surface area contributed by atoms with E-state index < -0.39 is 0 Å². The Labute approximate surface area is 99.0 Å². The molecule has 0 amide bonds. The highest BCUT2D eigenvalue weighted by molar-refractivity contribution is 5.30. The molecule has 0 aromatic heterocycles. The van der Waals surface area contributed by atoms with Crippen molar-refractivity contribution in [3.63, 3.8) is 0 Å². The molecular weight excluding hydrogens is 194 g/mol. The zero-order valence-corrected chi connectivity index (χ0v) is 10.7. The van der Waals surface area contributed by atoms with Crippen LogP contribution in [0.4, 0.5) is 0 Å². The minimum atomic E-state index is -0.0987. The summed E-state index contributed by atoms with van der Waals surface area (Å²) in [6.07, 6.45) is 3.64. The second-order valence-electron chi connectivity index (χ2n) is 5.69. The van der Waals surface area contributed by atoms with E-state index in [2.05, 4.69) is 45.0 Å². The number of rotatable bonds is 1. The average Bonchev–Trinajstić information content (AvgIpc) is 2.24. The van der Waals surface area contributed by atoms with Crippen LogP contribution >= 0.6 is 0 Å². The third-order valence-corrected chi connectivity index (χ3v) is 4.24. The summed E-state index contributed by atoms with van der Waals surface area (Å²) in [6, 6.07) is 8.72. The first-order chi connectivity index (χ1) is 7.52. The maximum atomic E-state index is 6.65. The summed E-state index contributed by atoms with van der Waals surface area (Å²) in [4.78, 5) is 0. The lowest BCUT2D eigenvalue weighted by molar-refractivity contribution is 0.164. The van der Waals surface area contributed by atoms with E-state index >= 15 is 0 Å². The van der Waals surface area contributed by atoms with Crippen LogP contribution in [-0.2, 0) is 5.54 Å². The molecule has 1 heteroatoms. The third-order valence-electron chi connectivity index (χ3n) is 4.24. The van der Waals surface area contributed by atoms with Crippen molar-refractivity contribution in [2.45, 2.75) is 45.6 Å². The lowest BCUT2D eigenvalue weighted by Crippen LogP contribution is -2.46. The summed E-state index contributed by atoms with van der Waals surface area (Å²) in [5.41, 5.74) is 9.20. The molecular formula is C15H23N. The van der Waals surface area contributed by atoms with Gasteiger partial charge in [-0.05, 0) is 43.6 Å². The number of aryl methyl sites for hydroxylation is 1. The molecule has 1 nitrogen and oxygen atoms in total. The molecule has 0 spiro atoms. The molecule has 1 fully saturated rings. The van der Waals surface area contributed by atoms with Crippen LogP contribution in [0.5, 0.6) is 0 Å². The fourth-order valence-electron chi connectivity index (χ4n) is 3.03. The summed E-state index contributed by atoms with van der Waals surface area (Å²) < 4.78 is 0. The van der Waals surface area contributed by atoms with Gasteiger partial charge < -0.3 is 5.73 Å². The molecule has 3 atom stereocenters. The van der Waals surface area contributed by atoms with Crippen molar-refractivity contribution >= 4 is 0 Å². The number of hydrogen-bond donors (Lipinski definition) is 1. The minimum absolute atomic E-state index is 0.0987. The zero-order valence-electron chi connectivity index (χ0n) is 10.7. The first-order valence-electron chi connectivity index (χ1n) is 6.38. The molecule has 1 aliphatic rings. The SMILES string of the molecule is Cc1cccc(C2(N)CCC(C)CC2C)c1. The maximum Gasteiger partial charge on any atom is 0.0435 e. The fourth-order valence-corrected chi connectivity index (χ4v) is 3.03. The van der Waals surface area contributed by atoms with E-state index in [1.165, 1.54) is 24.0 Å². The first-order valence-corrected chi connectivity index (χ1v) is 6.38. The number of benzene rings is 1. The van der Waals surface area contributed by atoms with Crippen molar-refractivity contribution in [2.24, 2.45) is 17.6 Å². The Morgan fingerprint density at radius 3 is 2.69 bits per heavy atom. The monoisotopic (exact) mass is 217 g/mol. The van der Waals surface area contributed by atoms with Gasteiger partial charge in [0.15, 0.2) is 0 Å². The summed E-state index contributed by atoms with van der Waals surface area (Å²) in [7, 11) is 0. The lowest BCUT2D eigenvalue weighted by atomic mass is 9.67. The first kappa shape index (κ1) is 11.7. The minimum Gasteiger partial charge on any atom is -0.321 e. The Hall–Kier alpha value is -0.820. The van der Waals surface area contributed by atoms with Crippen molar-refractivity contribution in [2.75, 3.05) is 0 Å². The molecule has 1 saturated carbocycles. The largest absolute Gasteiger partial charge is 0.321 e. The van der Waals surface area contributed by atoms with Crippen LogP contribution in [0.3, 0.4) is 0 Å². The molecule has 0 radical (unpaired) electrons. The van der Waals surface area contributed by atoms with E-state index in [9.17, 15) is 0 Å². The predicted molar refractivity (Wildman–Crippen MR) is 69.2 cm³/mol. The van der Waals surface area contributed by atoms with Crippen LogP contribution in [-0.4, -0.2) is 0 Å². The third kappa shape index (κ3) is 2.01. The zero-order chi connectivity index (χ0) is 11.8. The van der Waals surface area contributed by atoms with Crippen LogP contribution in [0.1, 0.15) is 44.2 Å². The van der Waals surface area contributed by atoms with Gasteiger partial charge in [0.25, 0.3) is 0 Å². The Balaban J connectivity index is 2.31. The summed E-state index contributed by atoms with van der Waals surface area (Å²) in [5, 5.41) is 0. The van der Waals surface area contributed by atoms with E-state index in [1.807, 2.05) is 0 Å². The Kier molecular flexibility index (Phi) is 3.07. The van der Waals surface area contributed by atoms with E-state index in [1.54, 1.807) is 0 Å². The highest BCUT2D eigenvalue weighted by atomic mass is 14.8. The molecule has 2 rings (SSSR count). The summed E-state index contributed by atoms with van der Waals surface area (Å²) in [6.45, 7) is 6.79. The van der Waals surface area contributed by atoms with Gasteiger partial charge in [0, 0.05) is 5.54 Å². The molecule has 1 aromatic rings. The predicted octanol–water partition coefficient (Wildman–Crippen LogP) is 3.61. The molecule has 3 unspecified atom stereocenters. The molecule has 88 valence electrons. The van der Waals surface area contributed by atoms with Gasteiger partial charge in [-0.15, -0.1) is 0 Å². The standard InChI is InChI=1S/C15H23N/c1-11-5-4-6-14(10-11)15(16)8-7-12(2)9-13(15)3/h4-6,10,12-13H,7-9,16H2,1-3H3. The van der Waals surface area contributed by atoms with E-state index in [0.717, 1.165) is 12.3 Å². The van der Waals surface area contributed by atoms with Gasteiger partial charge in [0.1, 0.15) is 0 Å². The van der Waals surface area contributed by atoms with E-state index in [-0.39, 0.29) is 5.54 Å². The highest BCUT2D eigenvalue weighted by Gasteiger charge is 2.37. The van der Waals surface area contributed by atoms with E-state index in [4.69, 9.17) is 5.73 Å². The van der Waals surface area contributed by atoms with Crippen molar-refractivity contribution in [3.05, 3.63) is 35.4 Å². The van der Waals surface area contributed by atoms with Gasteiger partial charge in [0.05, 0.1) is 0 Å². The van der Waals surface area contributed by atoms with Crippen molar-refractivity contribution < 1.29 is 0 Å². The quantitative estimate of drug-likeness (QED) is 0.764. The van der Waals surface area contributed by atoms with Gasteiger partial charge in [-0.25, -0.2) is 0 Å². The van der Waals surface area contributed by atoms with Gasteiger partial charge in [-0.3, -0.25) is 0 Å². The fraction of sp³-hybridized carbons (Fsp3) is 0.600. The van der Waals surface area contributed by atoms with Crippen molar-refractivity contribution in [1.82, 2.24) is 0 Å². The molecule has 0 aliphatic heterocycles. The topological polar surface area (TPSA) is 26.0 Å². The second-order valence-corrected chi connectivity index (χ2v) is 5.69. The molecule has 0 saturated heterocycles. The smallest absolute Gasteiger partial charge is 0.0435 e. The number of hydrogen-bond acceptors (Lipinski definition) is 1. The Morgan fingerprint density at radius 1 is 1.31 bits per heavy atom. The molecule has 0 heterocycles. The van der Waals surface area contributed by atoms with Crippen LogP contribution in [0.25, 0.3) is 0 Å². The highest BCUT2D eigenvalue weighted by Crippen LogP contribution is 2.41. The molecule has 0 bridgehead atoms. The molecule has 1 aliphatic carbocycles. The molecule has 1 aromatic carbocycles. The maximum absolute atomic E-state index is 6.65. The van der Waals surface area contributed by atoms with Crippen LogP contribution in [0.15, 0.2) is 24.3 Å². The van der Waals surface area contributed by atoms with Crippen LogP contribution in [0, 0.1) is 18.8 Å². The van der Waals surface area contributed by atoms with Crippen LogP contribution in [0.2, 0.25) is 0 Å². The van der Waals surface area contributed by atoms with E-state index in [0.29, 0.717) is 5.92 Å². The van der Waals surface area contributed by atoms with Gasteiger partial charge in [0.2, 0.25) is 0 Å². The van der Waals surface area contributed by atoms with Crippen molar-refractivity contribution in [1.29, 1.82) is 0 Å². The molecule has 2 N–H and O–H groups in total. The van der Waals surface area contributed by atoms with Crippen molar-refractivity contribution in [3.8, 4) is 0 Å². The summed E-state index contributed by atoms with van der Waals surface area (Å²) >= 11 is 0. The Bertz CT molecular complexity index is 371. The van der Waals surface area contributed by atoms with Gasteiger partial charge >= 0.3 is 0 Å². The van der Waals surface area contributed by atoms with Crippen LogP contribution < -0.4 is 5.73 Å². The van der Waals surface area contributed by atoms with Gasteiger partial charge in [-0.2, -0.15) is 0 Å². The van der Waals surface area contributed by atoms with Gasteiger partial charge in [-0.1, -0.05) is 43.7 Å². The average molecular weight is 217 g/mol. The Morgan fingerprint density at radius 2 is 2.06 bits per heavy atom. The normalized spacial score (nSPS) is 35.0. The second kappa shape index (κ2) is 4.21. The number of nitrogens with two attached hydrogens (primary N) is 1.